The number of nitrogens with one attached hydrogen (secondary N) is 1. The lowest BCUT2D eigenvalue weighted by Crippen LogP contribution is -2.46. The molecule has 0 aliphatic heterocycles. The third kappa shape index (κ3) is 3.35. The van der Waals surface area contributed by atoms with Crippen molar-refractivity contribution in [2.24, 2.45) is 5.41 Å². The van der Waals surface area contributed by atoms with Crippen LogP contribution in [0.25, 0.3) is 0 Å². The van der Waals surface area contributed by atoms with E-state index in [1.54, 1.807) is 4.90 Å². The average molecular weight is 290 g/mol. The largest absolute Gasteiger partial charge is 0.481 e. The Morgan fingerprint density at radius 2 is 1.86 bits per heavy atom. The lowest BCUT2D eigenvalue weighted by molar-refractivity contribution is -0.148. The molecule has 0 spiro atoms. The number of hydrogen-bond donors (Lipinski definition) is 2. The van der Waals surface area contributed by atoms with Gasteiger partial charge in [-0.15, -0.1) is 0 Å². The number of rotatable bonds is 5. The maximum absolute atomic E-state index is 12.3. The van der Waals surface area contributed by atoms with Gasteiger partial charge in [0.05, 0.1) is 5.41 Å². The summed E-state index contributed by atoms with van der Waals surface area (Å²) in [7, 11) is 0. The highest BCUT2D eigenvalue weighted by Crippen LogP contribution is 2.37. The summed E-state index contributed by atoms with van der Waals surface area (Å²) in [6.45, 7) is 2.63. The van der Waals surface area contributed by atoms with Gasteiger partial charge in [0.25, 0.3) is 0 Å². The van der Waals surface area contributed by atoms with Crippen molar-refractivity contribution in [3.05, 3.63) is 30.3 Å². The van der Waals surface area contributed by atoms with Gasteiger partial charge in [-0.2, -0.15) is 0 Å². The number of amides is 2. The number of carbonyl (C=O) groups excluding carboxylic acids is 1. The maximum Gasteiger partial charge on any atom is 0.321 e. The van der Waals surface area contributed by atoms with Crippen LogP contribution in [0.2, 0.25) is 0 Å². The molecule has 1 aliphatic carbocycles. The Bertz CT molecular complexity index is 496. The molecule has 0 saturated heterocycles. The Morgan fingerprint density at radius 1 is 1.24 bits per heavy atom. The van der Waals surface area contributed by atoms with E-state index in [1.165, 1.54) is 0 Å². The normalized spacial score (nSPS) is 16.4. The van der Waals surface area contributed by atoms with Crippen molar-refractivity contribution >= 4 is 17.7 Å². The summed E-state index contributed by atoms with van der Waals surface area (Å²) >= 11 is 0. The van der Waals surface area contributed by atoms with Gasteiger partial charge >= 0.3 is 12.0 Å². The molecule has 1 aromatic carbocycles. The molecule has 1 saturated carbocycles. The standard InChI is InChI=1S/C16H22N2O3/c1-2-18(13-8-4-3-5-9-13)15(21)17-12-16(14(19)20)10-6-7-11-16/h3-5,8-9H,2,6-7,10-12H2,1H3,(H,17,21)(H,19,20). The minimum absolute atomic E-state index is 0.199. The number of aliphatic carboxylic acids is 1. The Morgan fingerprint density at radius 3 is 2.38 bits per heavy atom. The molecular formula is C16H22N2O3. The molecule has 0 heterocycles. The van der Waals surface area contributed by atoms with Gasteiger partial charge < -0.3 is 10.4 Å². The molecule has 0 aromatic heterocycles. The second-order valence-electron chi connectivity index (χ2n) is 5.53. The van der Waals surface area contributed by atoms with E-state index < -0.39 is 11.4 Å². The first-order chi connectivity index (χ1) is 10.1. The van der Waals surface area contributed by atoms with E-state index in [0.29, 0.717) is 19.4 Å². The highest BCUT2D eigenvalue weighted by Gasteiger charge is 2.41. The first kappa shape index (κ1) is 15.4. The molecule has 0 radical (unpaired) electrons. The highest BCUT2D eigenvalue weighted by atomic mass is 16.4. The number of para-hydroxylation sites is 1. The van der Waals surface area contributed by atoms with Gasteiger partial charge in [0.1, 0.15) is 0 Å². The number of anilines is 1. The SMILES string of the molecule is CCN(C(=O)NCC1(C(=O)O)CCCC1)c1ccccc1. The number of carbonyl (C=O) groups is 2. The topological polar surface area (TPSA) is 69.6 Å². The van der Waals surface area contributed by atoms with Crippen LogP contribution in [0, 0.1) is 5.41 Å². The third-order valence-corrected chi connectivity index (χ3v) is 4.22. The fraction of sp³-hybridized carbons (Fsp3) is 0.500. The smallest absolute Gasteiger partial charge is 0.321 e. The molecule has 114 valence electrons. The molecule has 0 bridgehead atoms. The third-order valence-electron chi connectivity index (χ3n) is 4.22. The van der Waals surface area contributed by atoms with Crippen LogP contribution in [-0.2, 0) is 4.79 Å². The van der Waals surface area contributed by atoms with E-state index >= 15 is 0 Å². The number of carboxylic acid groups (broad SMARTS) is 1. The number of carboxylic acids is 1. The van der Waals surface area contributed by atoms with Crippen molar-refractivity contribution in [1.82, 2.24) is 5.32 Å². The highest BCUT2D eigenvalue weighted by molar-refractivity contribution is 5.92. The van der Waals surface area contributed by atoms with E-state index in [2.05, 4.69) is 5.32 Å². The lowest BCUT2D eigenvalue weighted by atomic mass is 9.86. The summed E-state index contributed by atoms with van der Waals surface area (Å²) in [4.78, 5) is 25.4. The Hall–Kier alpha value is -2.04. The van der Waals surface area contributed by atoms with Gasteiger partial charge in [0, 0.05) is 18.8 Å². The summed E-state index contributed by atoms with van der Waals surface area (Å²) in [5.74, 6) is -0.803. The lowest BCUT2D eigenvalue weighted by Gasteiger charge is -2.27. The van der Waals surface area contributed by atoms with Crippen molar-refractivity contribution < 1.29 is 14.7 Å². The molecule has 0 unspecified atom stereocenters. The molecular weight excluding hydrogens is 268 g/mol. The van der Waals surface area contributed by atoms with Gasteiger partial charge in [0.2, 0.25) is 0 Å². The van der Waals surface area contributed by atoms with Crippen molar-refractivity contribution in [3.63, 3.8) is 0 Å². The van der Waals surface area contributed by atoms with E-state index in [1.807, 2.05) is 37.3 Å². The molecule has 1 aromatic rings. The van der Waals surface area contributed by atoms with Crippen molar-refractivity contribution in [3.8, 4) is 0 Å². The summed E-state index contributed by atoms with van der Waals surface area (Å²) in [5.41, 5.74) is 0.0273. The van der Waals surface area contributed by atoms with Crippen LogP contribution >= 0.6 is 0 Å². The molecule has 5 heteroatoms. The van der Waals surface area contributed by atoms with Gasteiger partial charge in [0.15, 0.2) is 0 Å². The van der Waals surface area contributed by atoms with Crippen LogP contribution in [0.15, 0.2) is 30.3 Å². The van der Waals surface area contributed by atoms with E-state index in [4.69, 9.17) is 0 Å². The summed E-state index contributed by atoms with van der Waals surface area (Å²) in [6, 6.07) is 9.14. The minimum atomic E-state index is -0.803. The van der Waals surface area contributed by atoms with Crippen LogP contribution in [-0.4, -0.2) is 30.2 Å². The van der Waals surface area contributed by atoms with Crippen molar-refractivity contribution in [2.75, 3.05) is 18.0 Å². The average Bonchev–Trinajstić information content (AvgIpc) is 2.97. The van der Waals surface area contributed by atoms with Crippen molar-refractivity contribution in [2.45, 2.75) is 32.6 Å². The first-order valence-electron chi connectivity index (χ1n) is 7.43. The van der Waals surface area contributed by atoms with Crippen molar-refractivity contribution in [1.29, 1.82) is 0 Å². The zero-order chi connectivity index (χ0) is 15.3. The number of hydrogen-bond acceptors (Lipinski definition) is 2. The molecule has 1 fully saturated rings. The summed E-state index contributed by atoms with van der Waals surface area (Å²) in [5, 5.41) is 12.2. The van der Waals surface area contributed by atoms with Crippen LogP contribution in [0.3, 0.4) is 0 Å². The van der Waals surface area contributed by atoms with E-state index in [-0.39, 0.29) is 12.6 Å². The van der Waals surface area contributed by atoms with Crippen LogP contribution in [0.1, 0.15) is 32.6 Å². The second-order valence-corrected chi connectivity index (χ2v) is 5.53. The monoisotopic (exact) mass is 290 g/mol. The molecule has 2 rings (SSSR count). The predicted octanol–water partition coefficient (Wildman–Crippen LogP) is 2.87. The first-order valence-corrected chi connectivity index (χ1v) is 7.43. The van der Waals surface area contributed by atoms with Gasteiger partial charge in [-0.05, 0) is 31.9 Å². The second kappa shape index (κ2) is 6.61. The minimum Gasteiger partial charge on any atom is -0.481 e. The number of nitrogens with zero attached hydrogens (tertiary/aromatic N) is 1. The Kier molecular flexibility index (Phi) is 4.83. The molecule has 21 heavy (non-hydrogen) atoms. The van der Waals surface area contributed by atoms with Gasteiger partial charge in [-0.3, -0.25) is 9.69 Å². The van der Waals surface area contributed by atoms with Crippen LogP contribution in [0.5, 0.6) is 0 Å². The number of urea groups is 1. The molecule has 2 amide bonds. The predicted molar refractivity (Wildman–Crippen MR) is 81.4 cm³/mol. The van der Waals surface area contributed by atoms with Crippen LogP contribution in [0.4, 0.5) is 10.5 Å². The zero-order valence-electron chi connectivity index (χ0n) is 12.3. The number of benzene rings is 1. The summed E-state index contributed by atoms with van der Waals surface area (Å²) in [6.07, 6.45) is 3.11. The van der Waals surface area contributed by atoms with E-state index in [0.717, 1.165) is 18.5 Å². The fourth-order valence-electron chi connectivity index (χ4n) is 2.91. The van der Waals surface area contributed by atoms with Gasteiger partial charge in [-0.25, -0.2) is 4.79 Å². The summed E-state index contributed by atoms with van der Waals surface area (Å²) < 4.78 is 0. The Labute approximate surface area is 125 Å². The van der Waals surface area contributed by atoms with E-state index in [9.17, 15) is 14.7 Å². The zero-order valence-corrected chi connectivity index (χ0v) is 12.3. The molecule has 2 N–H and O–H groups in total. The van der Waals surface area contributed by atoms with Gasteiger partial charge in [-0.1, -0.05) is 31.0 Å². The van der Waals surface area contributed by atoms with Crippen LogP contribution < -0.4 is 10.2 Å². The maximum atomic E-state index is 12.3. The molecule has 5 nitrogen and oxygen atoms in total. The fourth-order valence-corrected chi connectivity index (χ4v) is 2.91. The Balaban J connectivity index is 2.01. The molecule has 1 aliphatic rings. The molecule has 0 atom stereocenters. The quantitative estimate of drug-likeness (QED) is 0.876.